The second-order valence-corrected chi connectivity index (χ2v) is 7.91. The molecular weight excluding hydrogens is 414 g/mol. The van der Waals surface area contributed by atoms with Crippen LogP contribution >= 0.6 is 0 Å². The maximum atomic E-state index is 13.4. The number of rotatable bonds is 7. The van der Waals surface area contributed by atoms with E-state index < -0.39 is 6.17 Å². The van der Waals surface area contributed by atoms with E-state index in [4.69, 9.17) is 0 Å². The molecule has 0 aliphatic carbocycles. The zero-order valence-electron chi connectivity index (χ0n) is 17.8. The zero-order chi connectivity index (χ0) is 22.8. The van der Waals surface area contributed by atoms with E-state index >= 15 is 0 Å². The first-order valence-corrected chi connectivity index (χ1v) is 10.7. The number of aliphatic imine (C=N–C) groups is 1. The summed E-state index contributed by atoms with van der Waals surface area (Å²) in [6.07, 6.45) is -0.580. The minimum Gasteiger partial charge on any atom is -0.294 e. The van der Waals surface area contributed by atoms with Crippen LogP contribution in [0.4, 0.5) is 5.69 Å². The van der Waals surface area contributed by atoms with Crippen molar-refractivity contribution in [3.05, 3.63) is 113 Å². The van der Waals surface area contributed by atoms with Crippen LogP contribution in [-0.4, -0.2) is 29.4 Å². The Morgan fingerprint density at radius 3 is 1.85 bits per heavy atom. The quantitative estimate of drug-likeness (QED) is 0.565. The third-order valence-corrected chi connectivity index (χ3v) is 5.79. The van der Waals surface area contributed by atoms with Crippen molar-refractivity contribution in [3.8, 4) is 0 Å². The predicted molar refractivity (Wildman–Crippen MR) is 126 cm³/mol. The van der Waals surface area contributed by atoms with E-state index in [-0.39, 0.29) is 30.3 Å². The van der Waals surface area contributed by atoms with Gasteiger partial charge in [0.15, 0.2) is 11.6 Å². The van der Waals surface area contributed by atoms with Gasteiger partial charge < -0.3 is 0 Å². The summed E-state index contributed by atoms with van der Waals surface area (Å²) in [4.78, 5) is 43.9. The van der Waals surface area contributed by atoms with E-state index in [1.807, 2.05) is 42.5 Å². The Morgan fingerprint density at radius 1 is 0.758 bits per heavy atom. The van der Waals surface area contributed by atoms with Crippen LogP contribution in [0.5, 0.6) is 0 Å². The summed E-state index contributed by atoms with van der Waals surface area (Å²) in [6.45, 7) is 0. The molecule has 0 aromatic heterocycles. The molecule has 1 atom stereocenters. The fourth-order valence-corrected chi connectivity index (χ4v) is 4.14. The van der Waals surface area contributed by atoms with Gasteiger partial charge in [0.05, 0.1) is 17.7 Å². The highest BCUT2D eigenvalue weighted by molar-refractivity contribution is 6.24. The molecule has 6 nitrogen and oxygen atoms in total. The molecule has 1 fully saturated rings. The van der Waals surface area contributed by atoms with Crippen molar-refractivity contribution in [2.45, 2.75) is 19.0 Å². The van der Waals surface area contributed by atoms with Crippen LogP contribution in [0.2, 0.25) is 0 Å². The maximum Gasteiger partial charge on any atom is 0.272 e. The van der Waals surface area contributed by atoms with Crippen molar-refractivity contribution in [3.63, 3.8) is 0 Å². The Bertz CT molecular complexity index is 1280. The summed E-state index contributed by atoms with van der Waals surface area (Å²) >= 11 is 0. The molecule has 0 unspecified atom stereocenters. The number of hydrogen-bond acceptors (Lipinski definition) is 5. The predicted octanol–water partition coefficient (Wildman–Crippen LogP) is 4.16. The summed E-state index contributed by atoms with van der Waals surface area (Å²) in [5, 5.41) is 1.45. The first kappa shape index (κ1) is 20.7. The van der Waals surface area contributed by atoms with Gasteiger partial charge in [-0.05, 0) is 17.7 Å². The van der Waals surface area contributed by atoms with Crippen molar-refractivity contribution in [1.82, 2.24) is 5.43 Å². The van der Waals surface area contributed by atoms with Gasteiger partial charge in [-0.1, -0.05) is 78.9 Å². The average molecular weight is 435 g/mol. The molecule has 33 heavy (non-hydrogen) atoms. The maximum absolute atomic E-state index is 13.4. The Morgan fingerprint density at radius 2 is 1.27 bits per heavy atom. The molecule has 1 amide bonds. The highest BCUT2D eigenvalue weighted by Crippen LogP contribution is 2.33. The van der Waals surface area contributed by atoms with Crippen LogP contribution in [0.3, 0.4) is 0 Å². The third kappa shape index (κ3) is 4.04. The number of hydrazine groups is 1. The molecule has 2 heterocycles. The lowest BCUT2D eigenvalue weighted by Gasteiger charge is -2.17. The molecule has 2 aliphatic heterocycles. The lowest BCUT2D eigenvalue weighted by molar-refractivity contribution is -0.114. The number of carbonyl (C=O) groups excluding carboxylic acids is 3. The number of Topliss-reactive ketones (excluding diaryl/α,β-unsaturated/α-hetero) is 2. The molecule has 0 spiro atoms. The van der Waals surface area contributed by atoms with Crippen LogP contribution in [0.25, 0.3) is 0 Å². The normalized spacial score (nSPS) is 17.2. The Kier molecular flexibility index (Phi) is 5.50. The van der Waals surface area contributed by atoms with Crippen LogP contribution in [-0.2, 0) is 4.79 Å². The first-order chi connectivity index (χ1) is 16.1. The molecule has 5 rings (SSSR count). The Hall–Kier alpha value is -4.16. The van der Waals surface area contributed by atoms with Crippen LogP contribution in [0.15, 0.2) is 107 Å². The summed E-state index contributed by atoms with van der Waals surface area (Å²) < 4.78 is 0. The van der Waals surface area contributed by atoms with Gasteiger partial charge in [0, 0.05) is 23.3 Å². The van der Waals surface area contributed by atoms with E-state index in [1.54, 1.807) is 48.5 Å². The van der Waals surface area contributed by atoms with E-state index in [2.05, 4.69) is 10.4 Å². The van der Waals surface area contributed by atoms with Crippen molar-refractivity contribution in [2.24, 2.45) is 4.99 Å². The monoisotopic (exact) mass is 435 g/mol. The number of fused-ring (bicyclic) bond motifs is 1. The molecule has 2 aliphatic rings. The van der Waals surface area contributed by atoms with Gasteiger partial charge in [-0.25, -0.2) is 5.01 Å². The summed E-state index contributed by atoms with van der Waals surface area (Å²) in [6, 6.07) is 27.1. The fourth-order valence-electron chi connectivity index (χ4n) is 4.14. The number of amides is 1. The first-order valence-electron chi connectivity index (χ1n) is 10.7. The highest BCUT2D eigenvalue weighted by Gasteiger charge is 2.43. The van der Waals surface area contributed by atoms with Gasteiger partial charge in [0.1, 0.15) is 6.17 Å². The van der Waals surface area contributed by atoms with E-state index in [0.717, 1.165) is 0 Å². The fraction of sp³-hybridized carbons (Fsp3) is 0.111. The largest absolute Gasteiger partial charge is 0.294 e. The number of para-hydroxylation sites is 1. The van der Waals surface area contributed by atoms with Gasteiger partial charge in [0.25, 0.3) is 5.91 Å². The van der Waals surface area contributed by atoms with Crippen molar-refractivity contribution < 1.29 is 14.4 Å². The topological polar surface area (TPSA) is 78.8 Å². The van der Waals surface area contributed by atoms with E-state index in [1.165, 1.54) is 5.01 Å². The molecule has 0 bridgehead atoms. The van der Waals surface area contributed by atoms with Gasteiger partial charge in [-0.15, -0.1) is 0 Å². The Balaban J connectivity index is 1.48. The number of allylic oxidation sites excluding steroid dienone is 1. The zero-order valence-corrected chi connectivity index (χ0v) is 17.8. The van der Waals surface area contributed by atoms with Crippen molar-refractivity contribution in [1.29, 1.82) is 0 Å². The second-order valence-electron chi connectivity index (χ2n) is 7.91. The lowest BCUT2D eigenvalue weighted by Crippen LogP contribution is -2.37. The molecule has 3 aromatic carbocycles. The van der Waals surface area contributed by atoms with Gasteiger partial charge >= 0.3 is 0 Å². The number of hydrogen-bond donors (Lipinski definition) is 1. The summed E-state index contributed by atoms with van der Waals surface area (Å²) in [5.74, 6) is -0.482. The lowest BCUT2D eigenvalue weighted by atomic mass is 9.93. The molecule has 3 aromatic rings. The third-order valence-electron chi connectivity index (χ3n) is 5.79. The number of benzene rings is 3. The van der Waals surface area contributed by atoms with E-state index in [9.17, 15) is 14.4 Å². The number of anilines is 1. The molecule has 0 saturated carbocycles. The molecule has 162 valence electrons. The number of carbonyl (C=O) groups is 3. The minimum absolute atomic E-state index is 0.00675. The van der Waals surface area contributed by atoms with Gasteiger partial charge in [0.2, 0.25) is 0 Å². The Labute approximate surface area is 191 Å². The molecule has 0 radical (unpaired) electrons. The SMILES string of the molecule is O=C(CC1=N[C@@H]2NN(c3ccccc3)C(=O)C2=C1CC(=O)c1ccccc1)c1ccccc1. The molecule has 1 N–H and O–H groups in total. The van der Waals surface area contributed by atoms with Crippen LogP contribution in [0, 0.1) is 0 Å². The number of ketones is 2. The van der Waals surface area contributed by atoms with Gasteiger partial charge in [-0.2, -0.15) is 5.43 Å². The smallest absolute Gasteiger partial charge is 0.272 e. The van der Waals surface area contributed by atoms with E-state index in [0.29, 0.717) is 33.7 Å². The summed E-state index contributed by atoms with van der Waals surface area (Å²) in [7, 11) is 0. The standard InChI is InChI=1S/C27H21N3O3/c31-23(18-10-4-1-5-11-18)16-21-22(17-24(32)19-12-6-2-7-13-19)28-26-25(21)27(33)30(29-26)20-14-8-3-9-15-20/h1-15,26,29H,16-17H2/t26-/m1/s1. The molecule has 1 saturated heterocycles. The average Bonchev–Trinajstić information content (AvgIpc) is 3.36. The summed E-state index contributed by atoms with van der Waals surface area (Å²) in [5.41, 5.74) is 6.39. The minimum atomic E-state index is -0.616. The van der Waals surface area contributed by atoms with Crippen LogP contribution in [0.1, 0.15) is 33.6 Å². The van der Waals surface area contributed by atoms with Gasteiger partial charge in [-0.3, -0.25) is 19.4 Å². The second kappa shape index (κ2) is 8.76. The van der Waals surface area contributed by atoms with Crippen molar-refractivity contribution in [2.75, 3.05) is 5.01 Å². The van der Waals surface area contributed by atoms with Crippen LogP contribution < -0.4 is 10.4 Å². The number of nitrogens with zero attached hydrogens (tertiary/aromatic N) is 2. The highest BCUT2D eigenvalue weighted by atomic mass is 16.2. The van der Waals surface area contributed by atoms with Crippen molar-refractivity contribution >= 4 is 28.9 Å². The molecular formula is C27H21N3O3. The molecule has 6 heteroatoms. The number of nitrogens with one attached hydrogen (secondary N) is 1.